The van der Waals surface area contributed by atoms with Crippen LogP contribution in [0.4, 0.5) is 0 Å². The van der Waals surface area contributed by atoms with E-state index in [0.717, 1.165) is 13.2 Å². The molecule has 10 heavy (non-hydrogen) atoms. The summed E-state index contributed by atoms with van der Waals surface area (Å²) in [6, 6.07) is 0. The van der Waals surface area contributed by atoms with E-state index in [9.17, 15) is 0 Å². The van der Waals surface area contributed by atoms with Crippen LogP contribution in [0.5, 0.6) is 0 Å². The second-order valence-electron chi connectivity index (χ2n) is 2.65. The van der Waals surface area contributed by atoms with Gasteiger partial charge < -0.3 is 4.74 Å². The van der Waals surface area contributed by atoms with E-state index in [1.165, 1.54) is 32.1 Å². The summed E-state index contributed by atoms with van der Waals surface area (Å²) < 4.78 is 5.12. The zero-order chi connectivity index (χ0) is 7.07. The summed E-state index contributed by atoms with van der Waals surface area (Å²) in [5.74, 6) is 0. The molecule has 0 aromatic heterocycles. The van der Waals surface area contributed by atoms with E-state index in [-0.39, 0.29) is 0 Å². The molecule has 0 aliphatic carbocycles. The third-order valence-corrected chi connectivity index (χ3v) is 1.70. The Kier molecular flexibility index (Phi) is 3.99. The van der Waals surface area contributed by atoms with E-state index < -0.39 is 0 Å². The highest BCUT2D eigenvalue weighted by molar-refractivity contribution is 5.46. The van der Waals surface area contributed by atoms with Crippen molar-refractivity contribution in [1.29, 1.82) is 0 Å². The molecule has 0 saturated carbocycles. The second kappa shape index (κ2) is 5.27. The molecule has 0 aromatic rings. The Morgan fingerprint density at radius 3 is 2.80 bits per heavy atom. The van der Waals surface area contributed by atoms with Crippen LogP contribution in [0, 0.1) is 0 Å². The SMILES string of the molecule is C1=NCCCCCCCO1. The molecule has 0 fully saturated rings. The summed E-state index contributed by atoms with van der Waals surface area (Å²) in [5.41, 5.74) is 0. The Labute approximate surface area is 62.3 Å². The molecule has 0 aromatic carbocycles. The van der Waals surface area contributed by atoms with Gasteiger partial charge in [-0.3, -0.25) is 4.99 Å². The molecule has 2 nitrogen and oxygen atoms in total. The van der Waals surface area contributed by atoms with E-state index in [1.807, 2.05) is 0 Å². The number of aliphatic imine (C=N–C) groups is 1. The Hall–Kier alpha value is -0.530. The van der Waals surface area contributed by atoms with Crippen LogP contribution in [-0.2, 0) is 4.74 Å². The number of hydrogen-bond acceptors (Lipinski definition) is 2. The van der Waals surface area contributed by atoms with Gasteiger partial charge in [-0.25, -0.2) is 0 Å². The Bertz CT molecular complexity index is 89.4. The van der Waals surface area contributed by atoms with Crippen molar-refractivity contribution in [1.82, 2.24) is 0 Å². The average molecular weight is 141 g/mol. The molecule has 0 spiro atoms. The quantitative estimate of drug-likeness (QED) is 0.505. The van der Waals surface area contributed by atoms with Crippen molar-refractivity contribution in [2.45, 2.75) is 32.1 Å². The van der Waals surface area contributed by atoms with Crippen molar-refractivity contribution in [2.75, 3.05) is 13.2 Å². The number of rotatable bonds is 0. The van der Waals surface area contributed by atoms with Crippen LogP contribution in [0.15, 0.2) is 4.99 Å². The van der Waals surface area contributed by atoms with Crippen LogP contribution < -0.4 is 0 Å². The van der Waals surface area contributed by atoms with Gasteiger partial charge in [-0.1, -0.05) is 19.3 Å². The van der Waals surface area contributed by atoms with Gasteiger partial charge in [0.15, 0.2) is 6.40 Å². The van der Waals surface area contributed by atoms with Crippen LogP contribution in [0.1, 0.15) is 32.1 Å². The lowest BCUT2D eigenvalue weighted by atomic mass is 10.1. The fourth-order valence-electron chi connectivity index (χ4n) is 1.08. The molecule has 1 heterocycles. The molecule has 58 valence electrons. The largest absolute Gasteiger partial charge is 0.483 e. The lowest BCUT2D eigenvalue weighted by Gasteiger charge is -2.03. The first kappa shape index (κ1) is 7.58. The van der Waals surface area contributed by atoms with Crippen molar-refractivity contribution in [2.24, 2.45) is 4.99 Å². The van der Waals surface area contributed by atoms with E-state index in [0.29, 0.717) is 0 Å². The molecule has 0 radical (unpaired) electrons. The van der Waals surface area contributed by atoms with Gasteiger partial charge in [0.25, 0.3) is 0 Å². The highest BCUT2D eigenvalue weighted by Gasteiger charge is 1.92. The van der Waals surface area contributed by atoms with Crippen molar-refractivity contribution in [3.8, 4) is 0 Å². The topological polar surface area (TPSA) is 21.6 Å². The van der Waals surface area contributed by atoms with E-state index in [2.05, 4.69) is 4.99 Å². The van der Waals surface area contributed by atoms with E-state index in [4.69, 9.17) is 4.74 Å². The minimum Gasteiger partial charge on any atom is -0.483 e. The van der Waals surface area contributed by atoms with Crippen molar-refractivity contribution in [3.05, 3.63) is 0 Å². The van der Waals surface area contributed by atoms with Crippen molar-refractivity contribution in [3.63, 3.8) is 0 Å². The van der Waals surface area contributed by atoms with Crippen molar-refractivity contribution >= 4 is 6.40 Å². The second-order valence-corrected chi connectivity index (χ2v) is 2.65. The summed E-state index contributed by atoms with van der Waals surface area (Å²) in [6.45, 7) is 1.80. The van der Waals surface area contributed by atoms with Gasteiger partial charge in [-0.15, -0.1) is 0 Å². The third kappa shape index (κ3) is 3.49. The van der Waals surface area contributed by atoms with Gasteiger partial charge in [0.1, 0.15) is 0 Å². The Morgan fingerprint density at radius 1 is 1.00 bits per heavy atom. The first-order chi connectivity index (χ1) is 5.00. The van der Waals surface area contributed by atoms with Gasteiger partial charge in [0.2, 0.25) is 0 Å². The standard InChI is InChI=1S/C8H15NO/c1-2-4-6-9-8-10-7-5-3-1/h8H,1-7H2. The van der Waals surface area contributed by atoms with Crippen LogP contribution in [0.2, 0.25) is 0 Å². The van der Waals surface area contributed by atoms with Crippen LogP contribution >= 0.6 is 0 Å². The molecule has 0 bridgehead atoms. The maximum absolute atomic E-state index is 5.12. The summed E-state index contributed by atoms with van der Waals surface area (Å²) >= 11 is 0. The molecule has 0 N–H and O–H groups in total. The van der Waals surface area contributed by atoms with Gasteiger partial charge in [-0.2, -0.15) is 0 Å². The summed E-state index contributed by atoms with van der Waals surface area (Å²) in [5, 5.41) is 0. The monoisotopic (exact) mass is 141 g/mol. The van der Waals surface area contributed by atoms with E-state index in [1.54, 1.807) is 6.40 Å². The summed E-state index contributed by atoms with van der Waals surface area (Å²) in [4.78, 5) is 4.09. The number of hydrogen-bond donors (Lipinski definition) is 0. The molecule has 1 aliphatic rings. The van der Waals surface area contributed by atoms with Gasteiger partial charge >= 0.3 is 0 Å². The maximum atomic E-state index is 5.12. The van der Waals surface area contributed by atoms with Crippen molar-refractivity contribution < 1.29 is 4.74 Å². The van der Waals surface area contributed by atoms with Gasteiger partial charge in [0.05, 0.1) is 6.61 Å². The van der Waals surface area contributed by atoms with E-state index >= 15 is 0 Å². The van der Waals surface area contributed by atoms with Crippen LogP contribution in [0.3, 0.4) is 0 Å². The summed E-state index contributed by atoms with van der Waals surface area (Å²) in [6.07, 6.45) is 8.00. The Morgan fingerprint density at radius 2 is 1.80 bits per heavy atom. The van der Waals surface area contributed by atoms with Gasteiger partial charge in [0, 0.05) is 6.54 Å². The van der Waals surface area contributed by atoms with Crippen LogP contribution in [-0.4, -0.2) is 19.6 Å². The zero-order valence-electron chi connectivity index (χ0n) is 6.38. The molecule has 0 saturated heterocycles. The molecule has 0 amide bonds. The molecule has 0 atom stereocenters. The van der Waals surface area contributed by atoms with Crippen LogP contribution in [0.25, 0.3) is 0 Å². The minimum absolute atomic E-state index is 0.851. The molecule has 1 aliphatic heterocycles. The lowest BCUT2D eigenvalue weighted by molar-refractivity contribution is 0.302. The lowest BCUT2D eigenvalue weighted by Crippen LogP contribution is -1.95. The highest BCUT2D eigenvalue weighted by atomic mass is 16.5. The molecule has 1 rings (SSSR count). The fraction of sp³-hybridized carbons (Fsp3) is 0.875. The normalized spacial score (nSPS) is 21.6. The minimum atomic E-state index is 0.851. The first-order valence-corrected chi connectivity index (χ1v) is 4.10. The third-order valence-electron chi connectivity index (χ3n) is 1.70. The predicted octanol–water partition coefficient (Wildman–Crippen LogP) is 2.00. The zero-order valence-corrected chi connectivity index (χ0v) is 6.38. The van der Waals surface area contributed by atoms with Gasteiger partial charge in [-0.05, 0) is 12.8 Å². The smallest absolute Gasteiger partial charge is 0.169 e. The number of ether oxygens (including phenoxy) is 1. The average Bonchev–Trinajstić information content (AvgIpc) is 2.01. The highest BCUT2D eigenvalue weighted by Crippen LogP contribution is 2.04. The molecule has 2 heteroatoms. The molecule has 0 unspecified atom stereocenters. The summed E-state index contributed by atoms with van der Waals surface area (Å²) in [7, 11) is 0. The molecular weight excluding hydrogens is 126 g/mol. The Balaban J connectivity index is 2.13. The predicted molar refractivity (Wildman–Crippen MR) is 42.4 cm³/mol. The first-order valence-electron chi connectivity index (χ1n) is 4.10. The fourth-order valence-corrected chi connectivity index (χ4v) is 1.08. The maximum Gasteiger partial charge on any atom is 0.169 e. The number of nitrogens with zero attached hydrogens (tertiary/aromatic N) is 1. The molecular formula is C8H15NO.